The van der Waals surface area contributed by atoms with E-state index in [1.54, 1.807) is 0 Å². The van der Waals surface area contributed by atoms with Crippen LogP contribution in [-0.4, -0.2) is 5.91 Å². The Kier molecular flexibility index (Phi) is 4.61. The van der Waals surface area contributed by atoms with Crippen molar-refractivity contribution < 1.29 is 4.79 Å². The summed E-state index contributed by atoms with van der Waals surface area (Å²) in [6.45, 7) is 0. The molecule has 3 unspecified atom stereocenters. The van der Waals surface area contributed by atoms with Gasteiger partial charge in [-0.25, -0.2) is 0 Å². The lowest BCUT2D eigenvalue weighted by molar-refractivity contribution is 0.102. The number of fused-ring (bicyclic) bond motifs is 3. The molecule has 2 aliphatic rings. The Morgan fingerprint density at radius 3 is 2.52 bits per heavy atom. The van der Waals surface area contributed by atoms with E-state index in [0.29, 0.717) is 11.5 Å². The minimum absolute atomic E-state index is 0.0573. The first-order chi connectivity index (χ1) is 14.2. The minimum atomic E-state index is -0.112. The number of carbonyl (C=O) groups is 1. The maximum Gasteiger partial charge on any atom is 0.257 e. The van der Waals surface area contributed by atoms with Gasteiger partial charge in [-0.1, -0.05) is 72.3 Å². The fourth-order valence-corrected chi connectivity index (χ4v) is 4.82. The van der Waals surface area contributed by atoms with Crippen LogP contribution in [0.4, 0.5) is 11.4 Å². The largest absolute Gasteiger partial charge is 0.377 e. The van der Waals surface area contributed by atoms with Gasteiger partial charge in [0.25, 0.3) is 5.91 Å². The van der Waals surface area contributed by atoms with Crippen LogP contribution in [0, 0.1) is 5.92 Å². The Bertz CT molecular complexity index is 1090. The highest BCUT2D eigenvalue weighted by Crippen LogP contribution is 2.51. The topological polar surface area (TPSA) is 41.1 Å². The summed E-state index contributed by atoms with van der Waals surface area (Å²) >= 11 is 6.55. The van der Waals surface area contributed by atoms with Crippen molar-refractivity contribution in [3.8, 4) is 0 Å². The molecule has 3 atom stereocenters. The van der Waals surface area contributed by atoms with Gasteiger partial charge in [0.15, 0.2) is 0 Å². The van der Waals surface area contributed by atoms with E-state index in [1.165, 1.54) is 5.56 Å². The van der Waals surface area contributed by atoms with E-state index in [9.17, 15) is 4.79 Å². The predicted molar refractivity (Wildman–Crippen MR) is 119 cm³/mol. The average molecular weight is 401 g/mol. The summed E-state index contributed by atoms with van der Waals surface area (Å²) in [4.78, 5) is 13.1. The summed E-state index contributed by atoms with van der Waals surface area (Å²) < 4.78 is 0. The van der Waals surface area contributed by atoms with Gasteiger partial charge in [-0.05, 0) is 47.7 Å². The zero-order valence-corrected chi connectivity index (χ0v) is 16.6. The molecule has 144 valence electrons. The third kappa shape index (κ3) is 3.22. The molecule has 0 aromatic heterocycles. The summed E-state index contributed by atoms with van der Waals surface area (Å²) in [5, 5.41) is 7.44. The molecule has 1 amide bonds. The zero-order chi connectivity index (χ0) is 19.8. The predicted octanol–water partition coefficient (Wildman–Crippen LogP) is 6.42. The third-order valence-corrected chi connectivity index (χ3v) is 6.26. The van der Waals surface area contributed by atoms with Gasteiger partial charge >= 0.3 is 0 Å². The first kappa shape index (κ1) is 18.0. The summed E-state index contributed by atoms with van der Waals surface area (Å²) in [5.74, 6) is 0.547. The Labute approximate surface area is 175 Å². The van der Waals surface area contributed by atoms with Crippen molar-refractivity contribution in [2.45, 2.75) is 18.4 Å². The van der Waals surface area contributed by atoms with Crippen molar-refractivity contribution in [2.24, 2.45) is 5.92 Å². The molecule has 1 aliphatic carbocycles. The number of carbonyl (C=O) groups excluding carboxylic acids is 1. The number of allylic oxidation sites excluding steroid dienone is 2. The molecule has 1 heterocycles. The molecule has 29 heavy (non-hydrogen) atoms. The molecule has 3 aromatic carbocycles. The van der Waals surface area contributed by atoms with Crippen LogP contribution in [0.15, 0.2) is 84.9 Å². The second-order valence-corrected chi connectivity index (χ2v) is 7.99. The SMILES string of the molecule is O=C(Nc1ccccc1)c1cccc2c1NC(c1ccccc1Cl)C1CC=CC21. The second-order valence-electron chi connectivity index (χ2n) is 7.59. The molecule has 5 rings (SSSR count). The number of amides is 1. The smallest absolute Gasteiger partial charge is 0.257 e. The van der Waals surface area contributed by atoms with E-state index in [4.69, 9.17) is 11.6 Å². The molecule has 0 fully saturated rings. The van der Waals surface area contributed by atoms with Gasteiger partial charge in [-0.3, -0.25) is 4.79 Å². The van der Waals surface area contributed by atoms with E-state index in [0.717, 1.165) is 28.4 Å². The van der Waals surface area contributed by atoms with Gasteiger partial charge < -0.3 is 10.6 Å². The van der Waals surface area contributed by atoms with E-state index < -0.39 is 0 Å². The maximum atomic E-state index is 13.1. The number of halogens is 1. The Hall–Kier alpha value is -3.04. The van der Waals surface area contributed by atoms with Crippen molar-refractivity contribution in [1.82, 2.24) is 0 Å². The van der Waals surface area contributed by atoms with Crippen LogP contribution in [0.5, 0.6) is 0 Å². The number of para-hydroxylation sites is 2. The number of nitrogens with one attached hydrogen (secondary N) is 2. The van der Waals surface area contributed by atoms with Crippen molar-refractivity contribution in [1.29, 1.82) is 0 Å². The summed E-state index contributed by atoms with van der Waals surface area (Å²) in [6.07, 6.45) is 5.51. The molecule has 0 saturated heterocycles. The molecule has 0 spiro atoms. The molecule has 0 radical (unpaired) electrons. The normalized spacial score (nSPS) is 21.8. The van der Waals surface area contributed by atoms with Crippen molar-refractivity contribution >= 4 is 28.9 Å². The van der Waals surface area contributed by atoms with Gasteiger partial charge in [0, 0.05) is 16.6 Å². The highest BCUT2D eigenvalue weighted by molar-refractivity contribution is 6.31. The second kappa shape index (κ2) is 7.41. The van der Waals surface area contributed by atoms with E-state index in [2.05, 4.69) is 34.9 Å². The lowest BCUT2D eigenvalue weighted by Crippen LogP contribution is -2.31. The van der Waals surface area contributed by atoms with Gasteiger partial charge in [-0.15, -0.1) is 0 Å². The Morgan fingerprint density at radius 2 is 1.69 bits per heavy atom. The number of hydrogen-bond acceptors (Lipinski definition) is 2. The van der Waals surface area contributed by atoms with Crippen LogP contribution in [0.2, 0.25) is 5.02 Å². The fraction of sp³-hybridized carbons (Fsp3) is 0.160. The molecule has 4 heteroatoms. The maximum absolute atomic E-state index is 13.1. The molecular weight excluding hydrogens is 380 g/mol. The summed E-state index contributed by atoms with van der Waals surface area (Å²) in [6, 6.07) is 23.5. The van der Waals surface area contributed by atoms with Crippen LogP contribution < -0.4 is 10.6 Å². The molecule has 3 aromatic rings. The van der Waals surface area contributed by atoms with Crippen LogP contribution in [0.1, 0.15) is 39.9 Å². The highest BCUT2D eigenvalue weighted by Gasteiger charge is 2.39. The van der Waals surface area contributed by atoms with Gasteiger partial charge in [0.2, 0.25) is 0 Å². The van der Waals surface area contributed by atoms with Crippen molar-refractivity contribution in [3.05, 3.63) is 107 Å². The van der Waals surface area contributed by atoms with Crippen LogP contribution >= 0.6 is 11.6 Å². The molecular formula is C25H21ClN2O. The monoisotopic (exact) mass is 400 g/mol. The van der Waals surface area contributed by atoms with Crippen LogP contribution in [0.3, 0.4) is 0 Å². The van der Waals surface area contributed by atoms with E-state index in [1.807, 2.05) is 60.7 Å². The van der Waals surface area contributed by atoms with Crippen molar-refractivity contribution in [3.63, 3.8) is 0 Å². The van der Waals surface area contributed by atoms with E-state index >= 15 is 0 Å². The quantitative estimate of drug-likeness (QED) is 0.498. The number of hydrogen-bond donors (Lipinski definition) is 2. The first-order valence-electron chi connectivity index (χ1n) is 9.89. The molecule has 0 bridgehead atoms. The highest BCUT2D eigenvalue weighted by atomic mass is 35.5. The Morgan fingerprint density at radius 1 is 0.931 bits per heavy atom. The number of rotatable bonds is 3. The van der Waals surface area contributed by atoms with Gasteiger partial charge in [0.05, 0.1) is 17.3 Å². The molecule has 3 nitrogen and oxygen atoms in total. The standard InChI is InChI=1S/C25H21ClN2O/c26-22-15-5-4-10-20(22)23-18-12-6-11-17(18)19-13-7-14-21(24(19)28-23)25(29)27-16-8-2-1-3-9-16/h1-11,13-15,17-18,23,28H,12H2,(H,27,29). The lowest BCUT2D eigenvalue weighted by atomic mass is 9.76. The number of benzene rings is 3. The number of anilines is 2. The van der Waals surface area contributed by atoms with E-state index in [-0.39, 0.29) is 17.9 Å². The average Bonchev–Trinajstić information content (AvgIpc) is 3.24. The van der Waals surface area contributed by atoms with Gasteiger partial charge in [0.1, 0.15) is 0 Å². The minimum Gasteiger partial charge on any atom is -0.377 e. The van der Waals surface area contributed by atoms with Gasteiger partial charge in [-0.2, -0.15) is 0 Å². The molecule has 1 aliphatic heterocycles. The lowest BCUT2D eigenvalue weighted by Gasteiger charge is -2.38. The third-order valence-electron chi connectivity index (χ3n) is 5.91. The first-order valence-corrected chi connectivity index (χ1v) is 10.3. The molecule has 0 saturated carbocycles. The summed E-state index contributed by atoms with van der Waals surface area (Å²) in [7, 11) is 0. The molecule has 2 N–H and O–H groups in total. The summed E-state index contributed by atoms with van der Waals surface area (Å²) in [5.41, 5.74) is 4.59. The van der Waals surface area contributed by atoms with Crippen LogP contribution in [-0.2, 0) is 0 Å². The Balaban J connectivity index is 1.56. The zero-order valence-electron chi connectivity index (χ0n) is 15.8. The van der Waals surface area contributed by atoms with Crippen molar-refractivity contribution in [2.75, 3.05) is 10.6 Å². The van der Waals surface area contributed by atoms with Crippen LogP contribution in [0.25, 0.3) is 0 Å². The fourth-order valence-electron chi connectivity index (χ4n) is 4.57.